The molecule has 224 valence electrons. The highest BCUT2D eigenvalue weighted by molar-refractivity contribution is 5.85. The van der Waals surface area contributed by atoms with Gasteiger partial charge in [0.2, 0.25) is 0 Å². The first-order chi connectivity index (χ1) is 20.4. The molecular weight excluding hydrogens is 522 g/mol. The minimum Gasteiger partial charge on any atom is -0.478 e. The standard InChI is InChI=1S/C35H47N5O2/c1-2-3-4-5-6-7-13-27-30-20-25(29-18-23-11-8-9-12-24(23)19-31(27)29)15-16-28(30)34(40-32-14-10-17-38-32)26(21-33(41)42)22-39-35(36)37/h8-12,14,17-19,21,25,27-28,30,34,38,40H,2-7,13,15-16,20,22H2,1H3,(H,41,42)(H4,36,37,39)/b26-21+/t25-,27-,28-,30+,34+/m1/s1. The van der Waals surface area contributed by atoms with Crippen molar-refractivity contribution in [1.29, 1.82) is 0 Å². The van der Waals surface area contributed by atoms with Crippen molar-refractivity contribution in [3.05, 3.63) is 77.5 Å². The molecule has 7 nitrogen and oxygen atoms in total. The van der Waals surface area contributed by atoms with Crippen LogP contribution in [0.1, 0.15) is 94.1 Å². The third-order valence-electron chi connectivity index (χ3n) is 9.62. The summed E-state index contributed by atoms with van der Waals surface area (Å²) in [6, 6.07) is 17.4. The van der Waals surface area contributed by atoms with Crippen molar-refractivity contribution in [3.63, 3.8) is 0 Å². The van der Waals surface area contributed by atoms with E-state index in [0.29, 0.717) is 23.3 Å². The third-order valence-corrected chi connectivity index (χ3v) is 9.62. The Balaban J connectivity index is 1.52. The molecule has 2 bridgehead atoms. The normalized spacial score (nSPS) is 22.4. The van der Waals surface area contributed by atoms with Gasteiger partial charge in [-0.3, -0.25) is 0 Å². The summed E-state index contributed by atoms with van der Waals surface area (Å²) in [5.41, 5.74) is 15.2. The van der Waals surface area contributed by atoms with Crippen LogP contribution >= 0.6 is 0 Å². The van der Waals surface area contributed by atoms with Gasteiger partial charge in [0.05, 0.1) is 12.6 Å². The Morgan fingerprint density at radius 2 is 1.79 bits per heavy atom. The van der Waals surface area contributed by atoms with Crippen molar-refractivity contribution in [2.75, 3.05) is 11.9 Å². The van der Waals surface area contributed by atoms with Gasteiger partial charge in [-0.25, -0.2) is 9.79 Å². The molecule has 1 heterocycles. The molecule has 5 atom stereocenters. The number of hydrogen-bond acceptors (Lipinski definition) is 3. The zero-order valence-electron chi connectivity index (χ0n) is 24.9. The van der Waals surface area contributed by atoms with E-state index in [0.717, 1.165) is 31.5 Å². The Morgan fingerprint density at radius 1 is 1.05 bits per heavy atom. The Kier molecular flexibility index (Phi) is 9.88. The molecule has 42 heavy (non-hydrogen) atoms. The minimum atomic E-state index is -0.980. The number of carboxylic acids is 1. The molecule has 0 unspecified atom stereocenters. The second kappa shape index (κ2) is 14.0. The van der Waals surface area contributed by atoms with Gasteiger partial charge in [0.15, 0.2) is 5.96 Å². The van der Waals surface area contributed by atoms with E-state index in [1.54, 1.807) is 0 Å². The van der Waals surface area contributed by atoms with Crippen LogP contribution in [0.15, 0.2) is 71.4 Å². The molecule has 2 aliphatic rings. The van der Waals surface area contributed by atoms with E-state index in [-0.39, 0.29) is 24.5 Å². The van der Waals surface area contributed by atoms with Crippen molar-refractivity contribution < 1.29 is 9.90 Å². The van der Waals surface area contributed by atoms with E-state index in [9.17, 15) is 9.90 Å². The lowest BCUT2D eigenvalue weighted by molar-refractivity contribution is -0.131. The van der Waals surface area contributed by atoms with Crippen molar-refractivity contribution in [2.45, 2.75) is 89.0 Å². The number of hydrogen-bond donors (Lipinski definition) is 5. The van der Waals surface area contributed by atoms with Crippen molar-refractivity contribution in [2.24, 2.45) is 28.3 Å². The summed E-state index contributed by atoms with van der Waals surface area (Å²) in [6.07, 6.45) is 15.2. The van der Waals surface area contributed by atoms with Crippen LogP contribution in [-0.4, -0.2) is 34.6 Å². The number of benzene rings is 2. The number of fused-ring (bicyclic) bond motifs is 5. The van der Waals surface area contributed by atoms with Crippen molar-refractivity contribution in [1.82, 2.24) is 4.98 Å². The molecule has 5 rings (SSSR count). The number of aliphatic imine (C=N–C) groups is 1. The SMILES string of the molecule is CCCCCCCC[C@H]1c2cc3ccccc3cc2[C@@H]2CC[C@@H]([C@@H](Nc3ccc[nH]3)/C(=C/C(=O)O)CN=C(N)N)[C@H]1C2. The van der Waals surface area contributed by atoms with Crippen LogP contribution in [0, 0.1) is 11.8 Å². The number of nitrogens with one attached hydrogen (secondary N) is 2. The van der Waals surface area contributed by atoms with Crippen LogP contribution in [0.2, 0.25) is 0 Å². The highest BCUT2D eigenvalue weighted by Gasteiger charge is 2.45. The Labute approximate surface area is 249 Å². The second-order valence-electron chi connectivity index (χ2n) is 12.3. The summed E-state index contributed by atoms with van der Waals surface area (Å²) in [4.78, 5) is 19.6. The molecule has 0 radical (unpaired) electrons. The van der Waals surface area contributed by atoms with Crippen molar-refractivity contribution >= 4 is 28.5 Å². The number of H-pyrrole nitrogens is 1. The number of aliphatic carboxylic acids is 1. The monoisotopic (exact) mass is 569 g/mol. The van der Waals surface area contributed by atoms with Crippen LogP contribution < -0.4 is 16.8 Å². The van der Waals surface area contributed by atoms with Crippen LogP contribution in [0.25, 0.3) is 10.8 Å². The van der Waals surface area contributed by atoms with Gasteiger partial charge in [0, 0.05) is 12.3 Å². The quantitative estimate of drug-likeness (QED) is 0.0603. The molecule has 0 aliphatic heterocycles. The summed E-state index contributed by atoms with van der Waals surface area (Å²) in [7, 11) is 0. The fourth-order valence-corrected chi connectivity index (χ4v) is 7.72. The molecule has 2 aliphatic carbocycles. The Hall–Kier alpha value is -3.74. The molecule has 3 aromatic rings. The van der Waals surface area contributed by atoms with E-state index < -0.39 is 5.97 Å². The van der Waals surface area contributed by atoms with Gasteiger partial charge >= 0.3 is 5.97 Å². The van der Waals surface area contributed by atoms with Gasteiger partial charge in [-0.15, -0.1) is 0 Å². The van der Waals surface area contributed by atoms with Gasteiger partial charge in [-0.05, 0) is 89.0 Å². The topological polar surface area (TPSA) is 130 Å². The van der Waals surface area contributed by atoms with Crippen LogP contribution in [0.4, 0.5) is 5.82 Å². The van der Waals surface area contributed by atoms with Crippen molar-refractivity contribution in [3.8, 4) is 0 Å². The number of rotatable bonds is 14. The van der Waals surface area contributed by atoms with Gasteiger partial charge < -0.3 is 26.9 Å². The maximum absolute atomic E-state index is 12.0. The molecule has 1 fully saturated rings. The first-order valence-electron chi connectivity index (χ1n) is 15.9. The maximum Gasteiger partial charge on any atom is 0.328 e. The summed E-state index contributed by atoms with van der Waals surface area (Å²) in [5.74, 6) is 1.49. The number of aromatic amines is 1. The molecule has 0 amide bonds. The molecule has 1 aromatic heterocycles. The smallest absolute Gasteiger partial charge is 0.328 e. The summed E-state index contributed by atoms with van der Waals surface area (Å²) < 4.78 is 0. The Morgan fingerprint density at radius 3 is 2.48 bits per heavy atom. The zero-order chi connectivity index (χ0) is 29.5. The van der Waals surface area contributed by atoms with E-state index >= 15 is 0 Å². The molecule has 0 saturated heterocycles. The highest BCUT2D eigenvalue weighted by Crippen LogP contribution is 2.56. The predicted octanol–water partition coefficient (Wildman–Crippen LogP) is 7.28. The van der Waals surface area contributed by atoms with Gasteiger partial charge in [-0.1, -0.05) is 81.8 Å². The number of nitrogens with zero attached hydrogens (tertiary/aromatic N) is 1. The number of aromatic nitrogens is 1. The largest absolute Gasteiger partial charge is 0.478 e. The average molecular weight is 570 g/mol. The van der Waals surface area contributed by atoms with Gasteiger partial charge in [-0.2, -0.15) is 0 Å². The number of carbonyl (C=O) groups is 1. The first kappa shape index (κ1) is 29.7. The summed E-state index contributed by atoms with van der Waals surface area (Å²) in [6.45, 7) is 2.42. The molecule has 1 saturated carbocycles. The lowest BCUT2D eigenvalue weighted by Gasteiger charge is -2.49. The summed E-state index contributed by atoms with van der Waals surface area (Å²) in [5, 5.41) is 16.2. The molecular formula is C35H47N5O2. The number of anilines is 1. The molecule has 7 N–H and O–H groups in total. The molecule has 7 heteroatoms. The lowest BCUT2D eigenvalue weighted by atomic mass is 9.57. The van der Waals surface area contributed by atoms with E-state index in [1.807, 2.05) is 18.3 Å². The molecule has 2 aromatic carbocycles. The zero-order valence-corrected chi connectivity index (χ0v) is 24.9. The minimum absolute atomic E-state index is 0.0342. The average Bonchev–Trinajstić information content (AvgIpc) is 3.50. The first-order valence-corrected chi connectivity index (χ1v) is 15.9. The summed E-state index contributed by atoms with van der Waals surface area (Å²) >= 11 is 0. The number of unbranched alkanes of at least 4 members (excludes halogenated alkanes) is 5. The fourth-order valence-electron chi connectivity index (χ4n) is 7.72. The number of carboxylic acid groups (broad SMARTS) is 1. The van der Waals surface area contributed by atoms with E-state index in [1.165, 1.54) is 66.5 Å². The van der Waals surface area contributed by atoms with E-state index in [4.69, 9.17) is 11.5 Å². The Bertz CT molecular complexity index is 1390. The maximum atomic E-state index is 12.0. The number of nitrogens with two attached hydrogens (primary N) is 2. The molecule has 0 spiro atoms. The van der Waals surface area contributed by atoms with E-state index in [2.05, 4.69) is 58.6 Å². The van der Waals surface area contributed by atoms with Gasteiger partial charge in [0.1, 0.15) is 5.82 Å². The number of guanidine groups is 1. The van der Waals surface area contributed by atoms with Crippen LogP contribution in [0.5, 0.6) is 0 Å². The van der Waals surface area contributed by atoms with Crippen LogP contribution in [-0.2, 0) is 4.79 Å². The van der Waals surface area contributed by atoms with Crippen LogP contribution in [0.3, 0.4) is 0 Å². The predicted molar refractivity (Wildman–Crippen MR) is 173 cm³/mol. The van der Waals surface area contributed by atoms with Gasteiger partial charge in [0.25, 0.3) is 0 Å². The third kappa shape index (κ3) is 7.00. The fraction of sp³-hybridized carbons (Fsp3) is 0.486. The highest BCUT2D eigenvalue weighted by atomic mass is 16.4. The second-order valence-corrected chi connectivity index (χ2v) is 12.3. The lowest BCUT2D eigenvalue weighted by Crippen LogP contribution is -2.44.